The van der Waals surface area contributed by atoms with Crippen LogP contribution >= 0.6 is 0 Å². The van der Waals surface area contributed by atoms with Crippen LogP contribution in [0.25, 0.3) is 0 Å². The number of Topliss-reactive ketones (excluding diaryl/α,β-unsaturated/α-hetero) is 1. The first-order valence-corrected chi connectivity index (χ1v) is 5.78. The van der Waals surface area contributed by atoms with Crippen molar-refractivity contribution < 1.29 is 4.79 Å². The minimum Gasteiger partial charge on any atom is -0.299 e. The van der Waals surface area contributed by atoms with Gasteiger partial charge in [-0.05, 0) is 32.3 Å². The van der Waals surface area contributed by atoms with E-state index in [4.69, 9.17) is 0 Å². The number of hydrogen-bond donors (Lipinski definition) is 0. The third-order valence-corrected chi connectivity index (χ3v) is 3.20. The molecule has 1 aliphatic carbocycles. The van der Waals surface area contributed by atoms with Crippen LogP contribution in [0.2, 0.25) is 0 Å². The van der Waals surface area contributed by atoms with Crippen LogP contribution in [0.4, 0.5) is 0 Å². The Morgan fingerprint density at radius 3 is 2.33 bits per heavy atom. The second-order valence-electron chi connectivity index (χ2n) is 4.69. The fraction of sp³-hybridized carbons (Fsp3) is 0.500. The Morgan fingerprint density at radius 1 is 1.07 bits per heavy atom. The number of rotatable bonds is 1. The molecule has 1 atom stereocenters. The fourth-order valence-corrected chi connectivity index (χ4v) is 2.55. The Labute approximate surface area is 91.5 Å². The lowest BCUT2D eigenvalue weighted by molar-refractivity contribution is -0.121. The van der Waals surface area contributed by atoms with Gasteiger partial charge in [0.25, 0.3) is 0 Å². The van der Waals surface area contributed by atoms with Crippen molar-refractivity contribution in [3.05, 3.63) is 34.9 Å². The SMILES string of the molecule is Cc1cc(C)cc(C2CCCCC2=O)c1. The second-order valence-corrected chi connectivity index (χ2v) is 4.69. The molecular weight excluding hydrogens is 184 g/mol. The molecule has 1 aromatic carbocycles. The molecule has 15 heavy (non-hydrogen) atoms. The monoisotopic (exact) mass is 202 g/mol. The molecule has 80 valence electrons. The zero-order valence-electron chi connectivity index (χ0n) is 9.55. The summed E-state index contributed by atoms with van der Waals surface area (Å²) in [4.78, 5) is 11.8. The van der Waals surface area contributed by atoms with Gasteiger partial charge in [-0.3, -0.25) is 4.79 Å². The van der Waals surface area contributed by atoms with Crippen molar-refractivity contribution in [1.82, 2.24) is 0 Å². The van der Waals surface area contributed by atoms with Gasteiger partial charge in [-0.2, -0.15) is 0 Å². The van der Waals surface area contributed by atoms with Crippen LogP contribution in [-0.2, 0) is 4.79 Å². The summed E-state index contributed by atoms with van der Waals surface area (Å²) < 4.78 is 0. The predicted molar refractivity (Wildman–Crippen MR) is 62.1 cm³/mol. The number of hydrogen-bond acceptors (Lipinski definition) is 1. The minimum atomic E-state index is 0.178. The van der Waals surface area contributed by atoms with E-state index in [-0.39, 0.29) is 5.92 Å². The summed E-state index contributed by atoms with van der Waals surface area (Å²) in [5.41, 5.74) is 3.77. The maximum Gasteiger partial charge on any atom is 0.140 e. The summed E-state index contributed by atoms with van der Waals surface area (Å²) in [6, 6.07) is 6.50. The van der Waals surface area contributed by atoms with E-state index in [9.17, 15) is 4.79 Å². The topological polar surface area (TPSA) is 17.1 Å². The van der Waals surface area contributed by atoms with Crippen molar-refractivity contribution in [3.63, 3.8) is 0 Å². The van der Waals surface area contributed by atoms with Crippen LogP contribution in [0, 0.1) is 13.8 Å². The van der Waals surface area contributed by atoms with Gasteiger partial charge in [-0.1, -0.05) is 35.7 Å². The maximum atomic E-state index is 11.8. The molecule has 1 aromatic rings. The average molecular weight is 202 g/mol. The highest BCUT2D eigenvalue weighted by Gasteiger charge is 2.23. The van der Waals surface area contributed by atoms with Crippen LogP contribution < -0.4 is 0 Å². The Kier molecular flexibility index (Phi) is 2.90. The number of aryl methyl sites for hydroxylation is 2. The molecule has 1 saturated carbocycles. The van der Waals surface area contributed by atoms with E-state index in [2.05, 4.69) is 32.0 Å². The van der Waals surface area contributed by atoms with Gasteiger partial charge in [0.1, 0.15) is 5.78 Å². The zero-order valence-corrected chi connectivity index (χ0v) is 9.55. The highest BCUT2D eigenvalue weighted by Crippen LogP contribution is 2.30. The molecule has 0 spiro atoms. The van der Waals surface area contributed by atoms with E-state index >= 15 is 0 Å². The van der Waals surface area contributed by atoms with Crippen molar-refractivity contribution in [2.45, 2.75) is 45.4 Å². The second kappa shape index (κ2) is 4.18. The van der Waals surface area contributed by atoms with E-state index in [1.54, 1.807) is 0 Å². The van der Waals surface area contributed by atoms with E-state index in [1.807, 2.05) is 0 Å². The van der Waals surface area contributed by atoms with Crippen molar-refractivity contribution >= 4 is 5.78 Å². The Balaban J connectivity index is 2.31. The third kappa shape index (κ3) is 2.28. The van der Waals surface area contributed by atoms with Gasteiger partial charge in [-0.25, -0.2) is 0 Å². The lowest BCUT2D eigenvalue weighted by Crippen LogP contribution is -2.17. The van der Waals surface area contributed by atoms with E-state index in [1.165, 1.54) is 23.1 Å². The van der Waals surface area contributed by atoms with Crippen molar-refractivity contribution in [2.75, 3.05) is 0 Å². The highest BCUT2D eigenvalue weighted by atomic mass is 16.1. The highest BCUT2D eigenvalue weighted by molar-refractivity contribution is 5.86. The van der Waals surface area contributed by atoms with Crippen LogP contribution in [0.5, 0.6) is 0 Å². The Bertz CT molecular complexity index is 359. The van der Waals surface area contributed by atoms with Crippen molar-refractivity contribution in [3.8, 4) is 0 Å². The minimum absolute atomic E-state index is 0.178. The molecule has 0 aliphatic heterocycles. The van der Waals surface area contributed by atoms with Crippen LogP contribution in [-0.4, -0.2) is 5.78 Å². The molecule has 0 aromatic heterocycles. The molecule has 1 nitrogen and oxygen atoms in total. The molecule has 2 rings (SSSR count). The number of carbonyl (C=O) groups is 1. The molecule has 0 bridgehead atoms. The third-order valence-electron chi connectivity index (χ3n) is 3.20. The Morgan fingerprint density at radius 2 is 1.73 bits per heavy atom. The maximum absolute atomic E-state index is 11.8. The molecule has 0 saturated heterocycles. The first-order chi connectivity index (χ1) is 7.16. The molecule has 0 N–H and O–H groups in total. The first kappa shape index (κ1) is 10.4. The molecule has 1 fully saturated rings. The Hall–Kier alpha value is -1.11. The lowest BCUT2D eigenvalue weighted by atomic mass is 9.82. The summed E-state index contributed by atoms with van der Waals surface area (Å²) in [7, 11) is 0. The molecule has 0 amide bonds. The average Bonchev–Trinajstić information content (AvgIpc) is 2.16. The quantitative estimate of drug-likeness (QED) is 0.681. The van der Waals surface area contributed by atoms with Crippen molar-refractivity contribution in [2.24, 2.45) is 0 Å². The van der Waals surface area contributed by atoms with Gasteiger partial charge in [-0.15, -0.1) is 0 Å². The van der Waals surface area contributed by atoms with E-state index in [0.717, 1.165) is 19.3 Å². The number of benzene rings is 1. The van der Waals surface area contributed by atoms with Gasteiger partial charge < -0.3 is 0 Å². The summed E-state index contributed by atoms with van der Waals surface area (Å²) in [6.45, 7) is 4.20. The predicted octanol–water partition coefficient (Wildman–Crippen LogP) is 3.53. The lowest BCUT2D eigenvalue weighted by Gasteiger charge is -2.21. The molecule has 1 aliphatic rings. The molecule has 1 heteroatoms. The van der Waals surface area contributed by atoms with Gasteiger partial charge in [0.05, 0.1) is 0 Å². The van der Waals surface area contributed by atoms with Gasteiger partial charge in [0.2, 0.25) is 0 Å². The van der Waals surface area contributed by atoms with Gasteiger partial charge >= 0.3 is 0 Å². The molecule has 0 radical (unpaired) electrons. The smallest absolute Gasteiger partial charge is 0.140 e. The number of ketones is 1. The first-order valence-electron chi connectivity index (χ1n) is 5.78. The van der Waals surface area contributed by atoms with E-state index in [0.29, 0.717) is 5.78 Å². The summed E-state index contributed by atoms with van der Waals surface area (Å²) in [5.74, 6) is 0.614. The summed E-state index contributed by atoms with van der Waals surface area (Å²) in [5, 5.41) is 0. The zero-order chi connectivity index (χ0) is 10.8. The van der Waals surface area contributed by atoms with E-state index < -0.39 is 0 Å². The molecule has 1 unspecified atom stereocenters. The standard InChI is InChI=1S/C14H18O/c1-10-7-11(2)9-12(8-10)13-5-3-4-6-14(13)15/h7-9,13H,3-6H2,1-2H3. The van der Waals surface area contributed by atoms with Crippen LogP contribution in [0.3, 0.4) is 0 Å². The molecular formula is C14H18O. The van der Waals surface area contributed by atoms with Gasteiger partial charge in [0.15, 0.2) is 0 Å². The number of carbonyl (C=O) groups excluding carboxylic acids is 1. The largest absolute Gasteiger partial charge is 0.299 e. The summed E-state index contributed by atoms with van der Waals surface area (Å²) >= 11 is 0. The van der Waals surface area contributed by atoms with Crippen LogP contribution in [0.15, 0.2) is 18.2 Å². The van der Waals surface area contributed by atoms with Gasteiger partial charge in [0, 0.05) is 12.3 Å². The fourth-order valence-electron chi connectivity index (χ4n) is 2.55. The molecule has 0 heterocycles. The van der Waals surface area contributed by atoms with Crippen LogP contribution in [0.1, 0.15) is 48.3 Å². The normalized spacial score (nSPS) is 21.7. The summed E-state index contributed by atoms with van der Waals surface area (Å²) in [6.07, 6.45) is 4.10. The van der Waals surface area contributed by atoms with Crippen molar-refractivity contribution in [1.29, 1.82) is 0 Å².